The van der Waals surface area contributed by atoms with Gasteiger partial charge in [0.05, 0.1) is 6.42 Å². The molecule has 0 heterocycles. The Bertz CT molecular complexity index is 371. The minimum atomic E-state index is 0.0966. The molecular weight excluding hydrogens is 275 g/mol. The van der Waals surface area contributed by atoms with Crippen LogP contribution >= 0.6 is 22.6 Å². The zero-order chi connectivity index (χ0) is 9.68. The molecule has 13 heavy (non-hydrogen) atoms. The first-order valence-corrected chi connectivity index (χ1v) is 5.01. The SMILES string of the molecule is CC#CCC(=O)c1ccccc1I. The van der Waals surface area contributed by atoms with Crippen molar-refractivity contribution in [2.24, 2.45) is 0 Å². The summed E-state index contributed by atoms with van der Waals surface area (Å²) in [7, 11) is 0. The molecule has 66 valence electrons. The van der Waals surface area contributed by atoms with Crippen molar-refractivity contribution in [3.8, 4) is 11.8 Å². The van der Waals surface area contributed by atoms with Crippen molar-refractivity contribution < 1.29 is 4.79 Å². The summed E-state index contributed by atoms with van der Waals surface area (Å²) in [5.41, 5.74) is 0.769. The molecule has 0 aliphatic carbocycles. The van der Waals surface area contributed by atoms with Crippen LogP contribution in [-0.4, -0.2) is 5.78 Å². The lowest BCUT2D eigenvalue weighted by molar-refractivity contribution is 0.0997. The predicted octanol–water partition coefficient (Wildman–Crippen LogP) is 2.89. The van der Waals surface area contributed by atoms with Gasteiger partial charge in [-0.3, -0.25) is 4.79 Å². The Balaban J connectivity index is 2.87. The van der Waals surface area contributed by atoms with E-state index in [1.807, 2.05) is 24.3 Å². The molecule has 0 saturated carbocycles. The van der Waals surface area contributed by atoms with Crippen molar-refractivity contribution in [2.75, 3.05) is 0 Å². The number of Topliss-reactive ketones (excluding diaryl/α,β-unsaturated/α-hetero) is 1. The maximum atomic E-state index is 11.5. The van der Waals surface area contributed by atoms with Crippen molar-refractivity contribution in [1.29, 1.82) is 0 Å². The molecule has 0 aliphatic rings. The highest BCUT2D eigenvalue weighted by molar-refractivity contribution is 14.1. The summed E-state index contributed by atoms with van der Waals surface area (Å²) in [5, 5.41) is 0. The maximum absolute atomic E-state index is 11.5. The Kier molecular flexibility index (Phi) is 3.97. The van der Waals surface area contributed by atoms with Crippen LogP contribution in [0, 0.1) is 15.4 Å². The Hall–Kier alpha value is -0.820. The zero-order valence-corrected chi connectivity index (χ0v) is 9.46. The molecule has 1 aromatic carbocycles. The number of carbonyl (C=O) groups is 1. The van der Waals surface area contributed by atoms with E-state index in [-0.39, 0.29) is 5.78 Å². The van der Waals surface area contributed by atoms with Crippen LogP contribution in [0.1, 0.15) is 23.7 Å². The zero-order valence-electron chi connectivity index (χ0n) is 7.30. The molecular formula is C11H9IO. The third kappa shape index (κ3) is 2.85. The van der Waals surface area contributed by atoms with Crippen LogP contribution in [0.4, 0.5) is 0 Å². The average Bonchev–Trinajstić information content (AvgIpc) is 2.15. The third-order valence-electron chi connectivity index (χ3n) is 1.60. The van der Waals surface area contributed by atoms with Crippen LogP contribution < -0.4 is 0 Å². The summed E-state index contributed by atoms with van der Waals surface area (Å²) in [5.74, 6) is 5.58. The van der Waals surface area contributed by atoms with Crippen LogP contribution in [0.15, 0.2) is 24.3 Å². The number of hydrogen-bond donors (Lipinski definition) is 0. The summed E-state index contributed by atoms with van der Waals surface area (Å²) in [6.07, 6.45) is 0.316. The van der Waals surface area contributed by atoms with Gasteiger partial charge in [0.25, 0.3) is 0 Å². The van der Waals surface area contributed by atoms with E-state index in [0.717, 1.165) is 9.13 Å². The van der Waals surface area contributed by atoms with Crippen molar-refractivity contribution in [1.82, 2.24) is 0 Å². The van der Waals surface area contributed by atoms with Crippen LogP contribution in [0.25, 0.3) is 0 Å². The fraction of sp³-hybridized carbons (Fsp3) is 0.182. The smallest absolute Gasteiger partial charge is 0.175 e. The molecule has 0 unspecified atom stereocenters. The van der Waals surface area contributed by atoms with Crippen LogP contribution in [0.3, 0.4) is 0 Å². The van der Waals surface area contributed by atoms with Gasteiger partial charge in [0.1, 0.15) is 0 Å². The highest BCUT2D eigenvalue weighted by Gasteiger charge is 2.06. The molecule has 0 saturated heterocycles. The van der Waals surface area contributed by atoms with E-state index in [1.165, 1.54) is 0 Å². The monoisotopic (exact) mass is 284 g/mol. The molecule has 2 heteroatoms. The quantitative estimate of drug-likeness (QED) is 0.463. The molecule has 0 fully saturated rings. The van der Waals surface area contributed by atoms with E-state index in [1.54, 1.807) is 6.92 Å². The molecule has 0 aromatic heterocycles. The van der Waals surface area contributed by atoms with Gasteiger partial charge in [-0.2, -0.15) is 0 Å². The van der Waals surface area contributed by atoms with Gasteiger partial charge in [-0.1, -0.05) is 24.1 Å². The minimum Gasteiger partial charge on any atom is -0.293 e. The number of halogens is 1. The van der Waals surface area contributed by atoms with Crippen molar-refractivity contribution in [3.05, 3.63) is 33.4 Å². The molecule has 1 nitrogen and oxygen atoms in total. The van der Waals surface area contributed by atoms with E-state index >= 15 is 0 Å². The summed E-state index contributed by atoms with van der Waals surface area (Å²) in [6, 6.07) is 7.55. The summed E-state index contributed by atoms with van der Waals surface area (Å²) in [6.45, 7) is 1.74. The standard InChI is InChI=1S/C11H9IO/c1-2-3-8-11(13)9-6-4-5-7-10(9)12/h4-7H,8H2,1H3. The number of ketones is 1. The first-order valence-electron chi connectivity index (χ1n) is 3.93. The second-order valence-electron chi connectivity index (χ2n) is 2.51. The van der Waals surface area contributed by atoms with Gasteiger partial charge in [-0.25, -0.2) is 0 Å². The Labute approximate surface area is 91.7 Å². The van der Waals surface area contributed by atoms with Gasteiger partial charge < -0.3 is 0 Å². The van der Waals surface area contributed by atoms with E-state index in [4.69, 9.17) is 0 Å². The maximum Gasteiger partial charge on any atom is 0.175 e. The largest absolute Gasteiger partial charge is 0.293 e. The Morgan fingerprint density at radius 2 is 2.15 bits per heavy atom. The van der Waals surface area contributed by atoms with Crippen LogP contribution in [0.2, 0.25) is 0 Å². The number of hydrogen-bond acceptors (Lipinski definition) is 1. The lowest BCUT2D eigenvalue weighted by Gasteiger charge is -1.98. The van der Waals surface area contributed by atoms with E-state index in [2.05, 4.69) is 34.4 Å². The Morgan fingerprint density at radius 3 is 2.77 bits per heavy atom. The van der Waals surface area contributed by atoms with Gasteiger partial charge >= 0.3 is 0 Å². The Morgan fingerprint density at radius 1 is 1.46 bits per heavy atom. The second kappa shape index (κ2) is 5.03. The molecule has 0 atom stereocenters. The molecule has 0 bridgehead atoms. The summed E-state index contributed by atoms with van der Waals surface area (Å²) >= 11 is 2.16. The normalized spacial score (nSPS) is 8.77. The third-order valence-corrected chi connectivity index (χ3v) is 2.54. The fourth-order valence-corrected chi connectivity index (χ4v) is 1.64. The first-order chi connectivity index (χ1) is 6.25. The van der Waals surface area contributed by atoms with E-state index in [9.17, 15) is 4.79 Å². The minimum absolute atomic E-state index is 0.0966. The van der Waals surface area contributed by atoms with Crippen molar-refractivity contribution in [3.63, 3.8) is 0 Å². The molecule has 0 spiro atoms. The predicted molar refractivity (Wildman–Crippen MR) is 61.6 cm³/mol. The van der Waals surface area contributed by atoms with Crippen molar-refractivity contribution >= 4 is 28.4 Å². The van der Waals surface area contributed by atoms with Crippen molar-refractivity contribution in [2.45, 2.75) is 13.3 Å². The number of rotatable bonds is 2. The highest BCUT2D eigenvalue weighted by Crippen LogP contribution is 2.12. The highest BCUT2D eigenvalue weighted by atomic mass is 127. The van der Waals surface area contributed by atoms with Gasteiger partial charge in [0.15, 0.2) is 5.78 Å². The fourth-order valence-electron chi connectivity index (χ4n) is 0.951. The van der Waals surface area contributed by atoms with Gasteiger partial charge in [0, 0.05) is 9.13 Å². The average molecular weight is 284 g/mol. The molecule has 0 radical (unpaired) electrons. The van der Waals surface area contributed by atoms with E-state index in [0.29, 0.717) is 6.42 Å². The lowest BCUT2D eigenvalue weighted by Crippen LogP contribution is -1.99. The molecule has 0 amide bonds. The topological polar surface area (TPSA) is 17.1 Å². The first kappa shape index (κ1) is 10.3. The molecule has 1 rings (SSSR count). The van der Waals surface area contributed by atoms with Crippen LogP contribution in [-0.2, 0) is 0 Å². The van der Waals surface area contributed by atoms with Gasteiger partial charge in [-0.05, 0) is 35.6 Å². The second-order valence-corrected chi connectivity index (χ2v) is 3.67. The molecule has 1 aromatic rings. The molecule has 0 aliphatic heterocycles. The number of carbonyl (C=O) groups excluding carboxylic acids is 1. The van der Waals surface area contributed by atoms with E-state index < -0.39 is 0 Å². The van der Waals surface area contributed by atoms with Gasteiger partial charge in [-0.15, -0.1) is 5.92 Å². The summed E-state index contributed by atoms with van der Waals surface area (Å²) < 4.78 is 0.989. The van der Waals surface area contributed by atoms with Crippen LogP contribution in [0.5, 0.6) is 0 Å². The molecule has 0 N–H and O–H groups in total. The number of benzene rings is 1. The van der Waals surface area contributed by atoms with Gasteiger partial charge in [0.2, 0.25) is 0 Å². The summed E-state index contributed by atoms with van der Waals surface area (Å²) in [4.78, 5) is 11.5. The lowest BCUT2D eigenvalue weighted by atomic mass is 10.1.